The highest BCUT2D eigenvalue weighted by Gasteiger charge is 2.40. The summed E-state index contributed by atoms with van der Waals surface area (Å²) >= 11 is 5.69. The Hall–Kier alpha value is -2.32. The van der Waals surface area contributed by atoms with Gasteiger partial charge in [0.15, 0.2) is 0 Å². The third kappa shape index (κ3) is 3.83. The van der Waals surface area contributed by atoms with Crippen molar-refractivity contribution in [3.63, 3.8) is 0 Å². The Kier molecular flexibility index (Phi) is 4.61. The first kappa shape index (κ1) is 15.1. The van der Waals surface area contributed by atoms with Gasteiger partial charge in [-0.1, -0.05) is 11.6 Å². The summed E-state index contributed by atoms with van der Waals surface area (Å²) in [5.74, 6) is -3.34. The summed E-state index contributed by atoms with van der Waals surface area (Å²) in [6, 6.07) is 6.32. The van der Waals surface area contributed by atoms with E-state index in [4.69, 9.17) is 11.6 Å². The molecule has 1 aromatic carbocycles. The molecule has 3 N–H and O–H groups in total. The summed E-state index contributed by atoms with van der Waals surface area (Å²) < 4.78 is 9.04. The van der Waals surface area contributed by atoms with Gasteiger partial charge in [-0.2, -0.15) is 0 Å². The van der Waals surface area contributed by atoms with Gasteiger partial charge < -0.3 is 14.6 Å². The second kappa shape index (κ2) is 6.42. The molecule has 1 amide bonds. The zero-order chi connectivity index (χ0) is 15.4. The molecule has 9 heteroatoms. The van der Waals surface area contributed by atoms with E-state index in [1.54, 1.807) is 24.3 Å². The van der Waals surface area contributed by atoms with Crippen LogP contribution < -0.4 is 10.9 Å². The number of amides is 1. The molecule has 0 aliphatic carbocycles. The maximum Gasteiger partial charge on any atom is 0.399 e. The standard InChI is InChI=1S/C12H11ClN2O6/c13-6-1-3-7(4-2-6)14-15-10(17)12(19)21-9-8(16)5-20-11(9)18/h1-4,8-9,14,16H,5H2,(H,15,17)/t8-,9+/m0/s1. The number of carbonyl (C=O) groups is 3. The lowest BCUT2D eigenvalue weighted by atomic mass is 10.2. The van der Waals surface area contributed by atoms with Gasteiger partial charge in [-0.25, -0.2) is 9.59 Å². The SMILES string of the molecule is O=C(NNc1ccc(Cl)cc1)C(=O)O[C@H]1C(=O)OC[C@@H]1O. The maximum atomic E-state index is 11.5. The zero-order valence-corrected chi connectivity index (χ0v) is 11.3. The first-order valence-electron chi connectivity index (χ1n) is 5.84. The number of rotatable bonds is 3. The molecule has 0 saturated carbocycles. The quantitative estimate of drug-likeness (QED) is 0.395. The fraction of sp³-hybridized carbons (Fsp3) is 0.250. The molecule has 2 rings (SSSR count). The highest BCUT2D eigenvalue weighted by molar-refractivity contribution is 6.33. The van der Waals surface area contributed by atoms with Crippen molar-refractivity contribution in [2.75, 3.05) is 12.0 Å². The number of nitrogens with one attached hydrogen (secondary N) is 2. The van der Waals surface area contributed by atoms with Crippen molar-refractivity contribution in [2.45, 2.75) is 12.2 Å². The van der Waals surface area contributed by atoms with Crippen LogP contribution in [0, 0.1) is 0 Å². The van der Waals surface area contributed by atoms with Gasteiger partial charge in [-0.15, -0.1) is 0 Å². The third-order valence-corrected chi connectivity index (χ3v) is 2.81. The van der Waals surface area contributed by atoms with Crippen molar-refractivity contribution < 1.29 is 29.0 Å². The molecule has 8 nitrogen and oxygen atoms in total. The molecular formula is C12H11ClN2O6. The molecular weight excluding hydrogens is 304 g/mol. The number of halogens is 1. The summed E-state index contributed by atoms with van der Waals surface area (Å²) in [6.45, 7) is -0.276. The van der Waals surface area contributed by atoms with Crippen LogP contribution in [-0.2, 0) is 23.9 Å². The Labute approximate surface area is 123 Å². The molecule has 0 bridgehead atoms. The molecule has 0 radical (unpaired) electrons. The van der Waals surface area contributed by atoms with Crippen LogP contribution in [0.1, 0.15) is 0 Å². The average Bonchev–Trinajstić information content (AvgIpc) is 2.78. The van der Waals surface area contributed by atoms with Crippen LogP contribution in [-0.4, -0.2) is 41.8 Å². The molecule has 0 unspecified atom stereocenters. The smallest absolute Gasteiger partial charge is 0.399 e. The average molecular weight is 315 g/mol. The van der Waals surface area contributed by atoms with Crippen LogP contribution in [0.15, 0.2) is 24.3 Å². The number of hydrogen-bond acceptors (Lipinski definition) is 7. The van der Waals surface area contributed by atoms with Crippen LogP contribution in [0.4, 0.5) is 5.69 Å². The molecule has 1 saturated heterocycles. The Balaban J connectivity index is 1.84. The number of benzene rings is 1. The second-order valence-electron chi connectivity index (χ2n) is 4.11. The Bertz CT molecular complexity index is 561. The van der Waals surface area contributed by atoms with E-state index in [-0.39, 0.29) is 6.61 Å². The Morgan fingerprint density at radius 1 is 1.33 bits per heavy atom. The van der Waals surface area contributed by atoms with Crippen LogP contribution in [0.3, 0.4) is 0 Å². The normalized spacial score (nSPS) is 20.6. The van der Waals surface area contributed by atoms with Gasteiger partial charge in [0, 0.05) is 5.02 Å². The predicted molar refractivity (Wildman–Crippen MR) is 70.1 cm³/mol. The number of esters is 2. The largest absolute Gasteiger partial charge is 0.460 e. The van der Waals surface area contributed by atoms with E-state index in [0.29, 0.717) is 10.7 Å². The maximum absolute atomic E-state index is 11.5. The van der Waals surface area contributed by atoms with Crippen molar-refractivity contribution >= 4 is 35.1 Å². The monoisotopic (exact) mass is 314 g/mol. The van der Waals surface area contributed by atoms with Crippen molar-refractivity contribution in [1.29, 1.82) is 0 Å². The van der Waals surface area contributed by atoms with Crippen LogP contribution in [0.2, 0.25) is 5.02 Å². The summed E-state index contributed by atoms with van der Waals surface area (Å²) in [4.78, 5) is 34.1. The first-order valence-corrected chi connectivity index (χ1v) is 6.22. The van der Waals surface area contributed by atoms with Gasteiger partial charge in [0.25, 0.3) is 0 Å². The lowest BCUT2D eigenvalue weighted by molar-refractivity contribution is -0.167. The van der Waals surface area contributed by atoms with Gasteiger partial charge >= 0.3 is 17.8 Å². The number of cyclic esters (lactones) is 1. The van der Waals surface area contributed by atoms with Gasteiger partial charge in [0.2, 0.25) is 6.10 Å². The topological polar surface area (TPSA) is 114 Å². The Morgan fingerprint density at radius 2 is 2.00 bits per heavy atom. The van der Waals surface area contributed by atoms with E-state index in [2.05, 4.69) is 20.3 Å². The fourth-order valence-corrected chi connectivity index (χ4v) is 1.63. The molecule has 2 atom stereocenters. The number of anilines is 1. The van der Waals surface area contributed by atoms with Crippen LogP contribution in [0.5, 0.6) is 0 Å². The van der Waals surface area contributed by atoms with Gasteiger partial charge in [0.05, 0.1) is 5.69 Å². The van der Waals surface area contributed by atoms with Crippen molar-refractivity contribution in [3.05, 3.63) is 29.3 Å². The molecule has 112 valence electrons. The molecule has 21 heavy (non-hydrogen) atoms. The van der Waals surface area contributed by atoms with E-state index in [0.717, 1.165) is 0 Å². The molecule has 0 spiro atoms. The minimum atomic E-state index is -1.49. The van der Waals surface area contributed by atoms with Crippen molar-refractivity contribution in [1.82, 2.24) is 5.43 Å². The minimum absolute atomic E-state index is 0.276. The second-order valence-corrected chi connectivity index (χ2v) is 4.55. The zero-order valence-electron chi connectivity index (χ0n) is 10.5. The molecule has 1 aliphatic heterocycles. The van der Waals surface area contributed by atoms with E-state index in [1.165, 1.54) is 0 Å². The number of ether oxygens (including phenoxy) is 2. The highest BCUT2D eigenvalue weighted by atomic mass is 35.5. The molecule has 1 heterocycles. The summed E-state index contributed by atoms with van der Waals surface area (Å²) in [7, 11) is 0. The van der Waals surface area contributed by atoms with Gasteiger partial charge in [-0.05, 0) is 24.3 Å². The summed E-state index contributed by atoms with van der Waals surface area (Å²) in [6.07, 6.45) is -2.77. The van der Waals surface area contributed by atoms with Crippen molar-refractivity contribution in [3.8, 4) is 0 Å². The van der Waals surface area contributed by atoms with E-state index >= 15 is 0 Å². The lowest BCUT2D eigenvalue weighted by Gasteiger charge is -2.12. The molecule has 1 fully saturated rings. The van der Waals surface area contributed by atoms with E-state index in [9.17, 15) is 19.5 Å². The number of carbonyl (C=O) groups excluding carboxylic acids is 3. The van der Waals surface area contributed by atoms with Crippen LogP contribution in [0.25, 0.3) is 0 Å². The fourth-order valence-electron chi connectivity index (χ4n) is 1.50. The number of hydrogen-bond donors (Lipinski definition) is 3. The first-order chi connectivity index (χ1) is 9.97. The summed E-state index contributed by atoms with van der Waals surface area (Å²) in [5, 5.41) is 9.85. The summed E-state index contributed by atoms with van der Waals surface area (Å²) in [5.41, 5.74) is 5.03. The number of aliphatic hydroxyl groups is 1. The third-order valence-electron chi connectivity index (χ3n) is 2.56. The minimum Gasteiger partial charge on any atom is -0.460 e. The molecule has 1 aliphatic rings. The Morgan fingerprint density at radius 3 is 2.57 bits per heavy atom. The lowest BCUT2D eigenvalue weighted by Crippen LogP contribution is -2.41. The highest BCUT2D eigenvalue weighted by Crippen LogP contribution is 2.13. The van der Waals surface area contributed by atoms with Gasteiger partial charge in [-0.3, -0.25) is 15.6 Å². The predicted octanol–water partition coefficient (Wildman–Crippen LogP) is -0.387. The number of aliphatic hydroxyl groups excluding tert-OH is 1. The van der Waals surface area contributed by atoms with E-state index in [1.807, 2.05) is 0 Å². The number of hydrazine groups is 1. The van der Waals surface area contributed by atoms with Crippen molar-refractivity contribution in [2.24, 2.45) is 0 Å². The molecule has 1 aromatic rings. The van der Waals surface area contributed by atoms with Gasteiger partial charge in [0.1, 0.15) is 12.7 Å². The molecule has 0 aromatic heterocycles. The van der Waals surface area contributed by atoms with Crippen LogP contribution >= 0.6 is 11.6 Å². The van der Waals surface area contributed by atoms with E-state index < -0.39 is 30.1 Å².